The van der Waals surface area contributed by atoms with E-state index in [0.29, 0.717) is 0 Å². The first kappa shape index (κ1) is 17.1. The molecule has 3 aromatic carbocycles. The second-order valence-electron chi connectivity index (χ2n) is 7.30. The number of benzene rings is 3. The minimum atomic E-state index is 0.0129. The van der Waals surface area contributed by atoms with Crippen molar-refractivity contribution in [1.82, 2.24) is 9.55 Å². The maximum Gasteiger partial charge on any atom is 0.209 e. The Hall–Kier alpha value is -3.04. The van der Waals surface area contributed by atoms with Gasteiger partial charge in [-0.2, -0.15) is 0 Å². The van der Waals surface area contributed by atoms with Gasteiger partial charge >= 0.3 is 0 Å². The molecule has 0 saturated heterocycles. The Kier molecular flexibility index (Phi) is 3.99. The van der Waals surface area contributed by atoms with Crippen molar-refractivity contribution < 1.29 is 0 Å². The van der Waals surface area contributed by atoms with Crippen LogP contribution in [0, 0.1) is 13.8 Å². The summed E-state index contributed by atoms with van der Waals surface area (Å²) in [6, 6.07) is 22.9. The Morgan fingerprint density at radius 3 is 2.61 bits per heavy atom. The van der Waals surface area contributed by atoms with Gasteiger partial charge in [0, 0.05) is 10.7 Å². The van der Waals surface area contributed by atoms with Gasteiger partial charge in [0.25, 0.3) is 0 Å². The van der Waals surface area contributed by atoms with Gasteiger partial charge in [0.2, 0.25) is 5.95 Å². The molecule has 4 heteroatoms. The van der Waals surface area contributed by atoms with Crippen molar-refractivity contribution in [3.8, 4) is 0 Å². The number of rotatable bonds is 2. The molecule has 1 aliphatic heterocycles. The minimum absolute atomic E-state index is 0.0129. The second-order valence-corrected chi connectivity index (χ2v) is 7.73. The summed E-state index contributed by atoms with van der Waals surface area (Å²) in [5, 5.41) is 4.28. The lowest BCUT2D eigenvalue weighted by atomic mass is 9.99. The number of imidazole rings is 1. The fraction of sp³-hybridized carbons (Fsp3) is 0.125. The maximum absolute atomic E-state index is 6.31. The van der Waals surface area contributed by atoms with Gasteiger partial charge in [-0.25, -0.2) is 4.98 Å². The summed E-state index contributed by atoms with van der Waals surface area (Å²) >= 11 is 6.31. The van der Waals surface area contributed by atoms with Gasteiger partial charge < -0.3 is 5.32 Å². The molecule has 28 heavy (non-hydrogen) atoms. The number of aromatic nitrogens is 2. The molecule has 1 N–H and O–H groups in total. The molecule has 3 nitrogen and oxygen atoms in total. The van der Waals surface area contributed by atoms with Gasteiger partial charge in [0.15, 0.2) is 0 Å². The van der Waals surface area contributed by atoms with Crippen LogP contribution >= 0.6 is 11.6 Å². The van der Waals surface area contributed by atoms with Crippen LogP contribution in [-0.2, 0) is 0 Å². The Balaban J connectivity index is 1.72. The molecule has 0 amide bonds. The van der Waals surface area contributed by atoms with E-state index in [2.05, 4.69) is 66.2 Å². The van der Waals surface area contributed by atoms with Crippen LogP contribution in [-0.4, -0.2) is 9.55 Å². The molecule has 0 aliphatic carbocycles. The maximum atomic E-state index is 6.31. The zero-order valence-electron chi connectivity index (χ0n) is 15.8. The molecule has 0 fully saturated rings. The zero-order chi connectivity index (χ0) is 19.3. The lowest BCUT2D eigenvalue weighted by molar-refractivity contribution is 0.720. The summed E-state index contributed by atoms with van der Waals surface area (Å²) in [7, 11) is 0. The van der Waals surface area contributed by atoms with E-state index in [1.165, 1.54) is 11.1 Å². The fourth-order valence-corrected chi connectivity index (χ4v) is 4.02. The first-order valence-corrected chi connectivity index (χ1v) is 9.77. The number of nitrogens with zero attached hydrogens (tertiary/aromatic N) is 2. The molecule has 0 spiro atoms. The lowest BCUT2D eigenvalue weighted by Crippen LogP contribution is -2.19. The van der Waals surface area contributed by atoms with E-state index < -0.39 is 0 Å². The third kappa shape index (κ3) is 2.79. The van der Waals surface area contributed by atoms with Crippen LogP contribution in [0.25, 0.3) is 16.7 Å². The van der Waals surface area contributed by atoms with Crippen molar-refractivity contribution >= 4 is 34.3 Å². The van der Waals surface area contributed by atoms with E-state index in [1.54, 1.807) is 0 Å². The van der Waals surface area contributed by atoms with Crippen LogP contribution < -0.4 is 5.32 Å². The Morgan fingerprint density at radius 2 is 1.79 bits per heavy atom. The summed E-state index contributed by atoms with van der Waals surface area (Å²) in [4.78, 5) is 4.85. The SMILES string of the molecule is Cc1ccc(C2=CC(c3cccc(Cl)c3)n3c(nc4ccccc43)N2)cc1C. The predicted octanol–water partition coefficient (Wildman–Crippen LogP) is 6.36. The molecule has 4 aromatic rings. The van der Waals surface area contributed by atoms with E-state index in [1.807, 2.05) is 30.3 Å². The average molecular weight is 386 g/mol. The molecule has 1 unspecified atom stereocenters. The molecule has 0 bridgehead atoms. The Morgan fingerprint density at radius 1 is 0.929 bits per heavy atom. The van der Waals surface area contributed by atoms with E-state index in [-0.39, 0.29) is 6.04 Å². The van der Waals surface area contributed by atoms with Crippen molar-refractivity contribution in [2.24, 2.45) is 0 Å². The molecule has 1 aromatic heterocycles. The van der Waals surface area contributed by atoms with Gasteiger partial charge in [-0.05, 0) is 72.5 Å². The molecular formula is C24H20ClN3. The summed E-state index contributed by atoms with van der Waals surface area (Å²) < 4.78 is 2.24. The summed E-state index contributed by atoms with van der Waals surface area (Å²) in [5.74, 6) is 0.849. The number of fused-ring (bicyclic) bond motifs is 3. The zero-order valence-corrected chi connectivity index (χ0v) is 16.5. The number of halogens is 1. The van der Waals surface area contributed by atoms with E-state index in [9.17, 15) is 0 Å². The average Bonchev–Trinajstić information content (AvgIpc) is 3.08. The van der Waals surface area contributed by atoms with Crippen molar-refractivity contribution in [1.29, 1.82) is 0 Å². The highest BCUT2D eigenvalue weighted by molar-refractivity contribution is 6.30. The molecule has 5 rings (SSSR count). The third-order valence-electron chi connectivity index (χ3n) is 5.45. The number of anilines is 1. The largest absolute Gasteiger partial charge is 0.325 e. The van der Waals surface area contributed by atoms with Crippen LogP contribution in [0.3, 0.4) is 0 Å². The molecule has 1 aliphatic rings. The van der Waals surface area contributed by atoms with Crippen LogP contribution in [0.2, 0.25) is 5.02 Å². The van der Waals surface area contributed by atoms with Gasteiger partial charge in [-0.3, -0.25) is 4.57 Å². The van der Waals surface area contributed by atoms with Gasteiger partial charge in [-0.15, -0.1) is 0 Å². The molecule has 138 valence electrons. The van der Waals surface area contributed by atoms with Crippen molar-refractivity contribution in [2.45, 2.75) is 19.9 Å². The molecule has 0 radical (unpaired) electrons. The minimum Gasteiger partial charge on any atom is -0.325 e. The highest BCUT2D eigenvalue weighted by Gasteiger charge is 2.25. The number of para-hydroxylation sites is 2. The topological polar surface area (TPSA) is 29.9 Å². The standard InChI is InChI=1S/C24H20ClN3/c1-15-10-11-17(12-16(15)2)21-14-23(18-6-5-7-19(25)13-18)28-22-9-4-3-8-20(22)26-24(28)27-21/h3-14,23H,1-2H3,(H,26,27). The molecule has 2 heterocycles. The highest BCUT2D eigenvalue weighted by Crippen LogP contribution is 2.37. The predicted molar refractivity (Wildman–Crippen MR) is 117 cm³/mol. The summed E-state index contributed by atoms with van der Waals surface area (Å²) in [6.45, 7) is 4.28. The number of aryl methyl sites for hydroxylation is 2. The van der Waals surface area contributed by atoms with Crippen molar-refractivity contribution in [2.75, 3.05) is 5.32 Å². The second kappa shape index (κ2) is 6.54. The van der Waals surface area contributed by atoms with Gasteiger partial charge in [0.05, 0.1) is 17.1 Å². The third-order valence-corrected chi connectivity index (χ3v) is 5.69. The quantitative estimate of drug-likeness (QED) is 0.435. The monoisotopic (exact) mass is 385 g/mol. The van der Waals surface area contributed by atoms with E-state index in [4.69, 9.17) is 16.6 Å². The van der Waals surface area contributed by atoms with E-state index >= 15 is 0 Å². The van der Waals surface area contributed by atoms with Crippen LogP contribution in [0.4, 0.5) is 5.95 Å². The molecular weight excluding hydrogens is 366 g/mol. The highest BCUT2D eigenvalue weighted by atomic mass is 35.5. The van der Waals surface area contributed by atoms with Gasteiger partial charge in [0.1, 0.15) is 0 Å². The summed E-state index contributed by atoms with van der Waals surface area (Å²) in [6.07, 6.45) is 2.26. The smallest absolute Gasteiger partial charge is 0.209 e. The van der Waals surface area contributed by atoms with Crippen molar-refractivity contribution in [3.63, 3.8) is 0 Å². The van der Waals surface area contributed by atoms with Crippen LogP contribution in [0.15, 0.2) is 72.8 Å². The van der Waals surface area contributed by atoms with Crippen LogP contribution in [0.1, 0.15) is 28.3 Å². The first-order valence-electron chi connectivity index (χ1n) is 9.39. The number of hydrogen-bond donors (Lipinski definition) is 1. The Bertz CT molecular complexity index is 1240. The Labute approximate surface area is 169 Å². The number of nitrogens with one attached hydrogen (secondary N) is 1. The van der Waals surface area contributed by atoms with Gasteiger partial charge in [-0.1, -0.05) is 48.0 Å². The molecule has 0 saturated carbocycles. The fourth-order valence-electron chi connectivity index (χ4n) is 3.82. The number of hydrogen-bond acceptors (Lipinski definition) is 2. The van der Waals surface area contributed by atoms with E-state index in [0.717, 1.165) is 38.8 Å². The normalized spacial score (nSPS) is 15.8. The van der Waals surface area contributed by atoms with Crippen LogP contribution in [0.5, 0.6) is 0 Å². The number of allylic oxidation sites excluding steroid dienone is 1. The first-order chi connectivity index (χ1) is 13.6. The molecule has 1 atom stereocenters. The lowest BCUT2D eigenvalue weighted by Gasteiger charge is -2.27. The van der Waals surface area contributed by atoms with Crippen molar-refractivity contribution in [3.05, 3.63) is 100 Å². The summed E-state index contributed by atoms with van der Waals surface area (Å²) in [5.41, 5.74) is 8.01.